The topological polar surface area (TPSA) is 142 Å². The first-order chi connectivity index (χ1) is 15.0. The Kier molecular flexibility index (Phi) is 7.27. The zero-order chi connectivity index (χ0) is 22.2. The molecule has 162 valence electrons. The molecule has 4 N–H and O–H groups in total. The van der Waals surface area contributed by atoms with Gasteiger partial charge in [-0.05, 0) is 37.3 Å². The van der Waals surface area contributed by atoms with Crippen LogP contribution in [0.4, 0.5) is 11.8 Å². The predicted molar refractivity (Wildman–Crippen MR) is 119 cm³/mol. The molecular formula is C19H22N8O3S. The molecule has 0 aliphatic carbocycles. The lowest BCUT2D eigenvalue weighted by atomic mass is 10.1. The van der Waals surface area contributed by atoms with Crippen molar-refractivity contribution in [3.05, 3.63) is 48.2 Å². The summed E-state index contributed by atoms with van der Waals surface area (Å²) in [6, 6.07) is 10.7. The zero-order valence-corrected chi connectivity index (χ0v) is 18.0. The number of hydrogen-bond acceptors (Lipinski definition) is 10. The SMILES string of the molecule is COc1ccc(/C(C)=N/Nc2nnc(SCC(=O)Nc3ccccn3)n2N)cc1OC. The van der Waals surface area contributed by atoms with Gasteiger partial charge in [0.1, 0.15) is 5.82 Å². The van der Waals surface area contributed by atoms with Gasteiger partial charge >= 0.3 is 0 Å². The Hall–Kier alpha value is -3.80. The van der Waals surface area contributed by atoms with Crippen molar-refractivity contribution < 1.29 is 14.3 Å². The van der Waals surface area contributed by atoms with Gasteiger partial charge in [0, 0.05) is 11.8 Å². The van der Waals surface area contributed by atoms with Crippen LogP contribution in [0.5, 0.6) is 11.5 Å². The van der Waals surface area contributed by atoms with E-state index >= 15 is 0 Å². The van der Waals surface area contributed by atoms with Gasteiger partial charge in [0.15, 0.2) is 11.5 Å². The van der Waals surface area contributed by atoms with Gasteiger partial charge in [-0.25, -0.2) is 15.1 Å². The first-order valence-corrected chi connectivity index (χ1v) is 10.1. The number of nitrogens with zero attached hydrogens (tertiary/aromatic N) is 5. The minimum atomic E-state index is -0.233. The third-order valence-corrected chi connectivity index (χ3v) is 5.00. The minimum absolute atomic E-state index is 0.0971. The fourth-order valence-electron chi connectivity index (χ4n) is 2.46. The van der Waals surface area contributed by atoms with Crippen LogP contribution >= 0.6 is 11.8 Å². The van der Waals surface area contributed by atoms with E-state index in [4.69, 9.17) is 15.3 Å². The van der Waals surface area contributed by atoms with Gasteiger partial charge in [-0.15, -0.1) is 10.2 Å². The fourth-order valence-corrected chi connectivity index (χ4v) is 3.11. The Balaban J connectivity index is 1.60. The van der Waals surface area contributed by atoms with Gasteiger partial charge < -0.3 is 20.6 Å². The second-order valence-electron chi connectivity index (χ2n) is 6.11. The molecule has 0 fully saturated rings. The monoisotopic (exact) mass is 442 g/mol. The van der Waals surface area contributed by atoms with E-state index in [2.05, 4.69) is 31.0 Å². The number of ether oxygens (including phenoxy) is 2. The number of nitrogen functional groups attached to an aromatic ring is 1. The minimum Gasteiger partial charge on any atom is -0.493 e. The molecule has 0 radical (unpaired) electrons. The second kappa shape index (κ2) is 10.3. The largest absolute Gasteiger partial charge is 0.493 e. The Morgan fingerprint density at radius 2 is 2.00 bits per heavy atom. The lowest BCUT2D eigenvalue weighted by Gasteiger charge is -2.09. The van der Waals surface area contributed by atoms with Crippen molar-refractivity contribution in [2.24, 2.45) is 5.10 Å². The van der Waals surface area contributed by atoms with Crippen LogP contribution in [0.1, 0.15) is 12.5 Å². The number of rotatable bonds is 9. The van der Waals surface area contributed by atoms with Crippen molar-refractivity contribution in [1.29, 1.82) is 0 Å². The van der Waals surface area contributed by atoms with E-state index in [0.29, 0.717) is 28.2 Å². The smallest absolute Gasteiger partial charge is 0.264 e. The van der Waals surface area contributed by atoms with Crippen LogP contribution in [0.3, 0.4) is 0 Å². The lowest BCUT2D eigenvalue weighted by Crippen LogP contribution is -2.17. The molecule has 3 aromatic rings. The summed E-state index contributed by atoms with van der Waals surface area (Å²) in [5.74, 6) is 7.80. The summed E-state index contributed by atoms with van der Waals surface area (Å²) in [6.45, 7) is 1.82. The van der Waals surface area contributed by atoms with E-state index in [1.165, 1.54) is 4.68 Å². The van der Waals surface area contributed by atoms with Crippen molar-refractivity contribution in [2.75, 3.05) is 36.6 Å². The third kappa shape index (κ3) is 5.63. The molecule has 1 aromatic carbocycles. The summed E-state index contributed by atoms with van der Waals surface area (Å²) in [4.78, 5) is 16.1. The Morgan fingerprint density at radius 3 is 2.71 bits per heavy atom. The molecule has 3 rings (SSSR count). The highest BCUT2D eigenvalue weighted by Crippen LogP contribution is 2.27. The summed E-state index contributed by atoms with van der Waals surface area (Å²) >= 11 is 1.14. The number of nitrogens with one attached hydrogen (secondary N) is 2. The molecule has 0 aliphatic heterocycles. The standard InChI is InChI=1S/C19H22N8O3S/c1-12(13-7-8-14(29-2)15(10-13)30-3)23-24-18-25-26-19(27(18)20)31-11-17(28)22-16-6-4-5-9-21-16/h4-10H,11,20H2,1-3H3,(H,24,25)(H,21,22,28)/b23-12+. The summed E-state index contributed by atoms with van der Waals surface area (Å²) in [7, 11) is 3.14. The number of nitrogens with two attached hydrogens (primary N) is 1. The van der Waals surface area contributed by atoms with Crippen molar-refractivity contribution in [3.8, 4) is 11.5 Å². The Bertz CT molecular complexity index is 1070. The number of amides is 1. The van der Waals surface area contributed by atoms with Crippen molar-refractivity contribution in [2.45, 2.75) is 12.1 Å². The fraction of sp³-hybridized carbons (Fsp3) is 0.211. The number of hydrazone groups is 1. The average Bonchev–Trinajstić information content (AvgIpc) is 3.15. The van der Waals surface area contributed by atoms with Crippen molar-refractivity contribution in [3.63, 3.8) is 0 Å². The number of aromatic nitrogens is 4. The highest BCUT2D eigenvalue weighted by Gasteiger charge is 2.13. The van der Waals surface area contributed by atoms with Crippen LogP contribution in [0, 0.1) is 0 Å². The Morgan fingerprint density at radius 1 is 1.19 bits per heavy atom. The van der Waals surface area contributed by atoms with Gasteiger partial charge in [0.2, 0.25) is 11.1 Å². The van der Waals surface area contributed by atoms with Crippen LogP contribution in [0.2, 0.25) is 0 Å². The van der Waals surface area contributed by atoms with Crippen LogP contribution in [-0.4, -0.2) is 51.4 Å². The molecule has 0 saturated carbocycles. The third-order valence-electron chi connectivity index (χ3n) is 4.05. The lowest BCUT2D eigenvalue weighted by molar-refractivity contribution is -0.113. The molecule has 2 heterocycles. The van der Waals surface area contributed by atoms with E-state index in [9.17, 15) is 4.79 Å². The van der Waals surface area contributed by atoms with Crippen molar-refractivity contribution >= 4 is 35.1 Å². The quantitative estimate of drug-likeness (QED) is 0.196. The van der Waals surface area contributed by atoms with Gasteiger partial charge in [-0.2, -0.15) is 5.10 Å². The molecule has 2 aromatic heterocycles. The number of thioether (sulfide) groups is 1. The molecule has 0 atom stereocenters. The molecule has 1 amide bonds. The molecule has 11 nitrogen and oxygen atoms in total. The van der Waals surface area contributed by atoms with E-state index in [-0.39, 0.29) is 17.6 Å². The number of carbonyl (C=O) groups is 1. The second-order valence-corrected chi connectivity index (χ2v) is 7.05. The highest BCUT2D eigenvalue weighted by atomic mass is 32.2. The number of anilines is 2. The number of carbonyl (C=O) groups excluding carboxylic acids is 1. The maximum absolute atomic E-state index is 12.0. The first-order valence-electron chi connectivity index (χ1n) is 9.08. The number of pyridine rings is 1. The van der Waals surface area contributed by atoms with E-state index < -0.39 is 0 Å². The Labute approximate surface area is 183 Å². The summed E-state index contributed by atoms with van der Waals surface area (Å²) in [6.07, 6.45) is 1.60. The zero-order valence-electron chi connectivity index (χ0n) is 17.2. The van der Waals surface area contributed by atoms with Crippen LogP contribution in [0.15, 0.2) is 52.9 Å². The van der Waals surface area contributed by atoms with E-state index in [1.807, 2.05) is 19.1 Å². The molecule has 0 aliphatic rings. The normalized spacial score (nSPS) is 11.1. The van der Waals surface area contributed by atoms with Crippen molar-refractivity contribution in [1.82, 2.24) is 19.9 Å². The number of hydrogen-bond donors (Lipinski definition) is 3. The summed E-state index contributed by atoms with van der Waals surface area (Å²) in [5.41, 5.74) is 4.28. The molecule has 0 spiro atoms. The van der Waals surface area contributed by atoms with E-state index in [1.54, 1.807) is 44.7 Å². The number of benzene rings is 1. The van der Waals surface area contributed by atoms with Crippen LogP contribution in [-0.2, 0) is 4.79 Å². The number of methoxy groups -OCH3 is 2. The van der Waals surface area contributed by atoms with E-state index in [0.717, 1.165) is 17.3 Å². The highest BCUT2D eigenvalue weighted by molar-refractivity contribution is 7.99. The van der Waals surface area contributed by atoms with Gasteiger partial charge in [-0.1, -0.05) is 17.8 Å². The predicted octanol–water partition coefficient (Wildman–Crippen LogP) is 1.97. The maximum atomic E-state index is 12.0. The van der Waals surface area contributed by atoms with Crippen LogP contribution < -0.4 is 26.1 Å². The molecule has 0 saturated heterocycles. The first kappa shape index (κ1) is 21.9. The van der Waals surface area contributed by atoms with Gasteiger partial charge in [-0.3, -0.25) is 4.79 Å². The molecule has 12 heteroatoms. The molecular weight excluding hydrogens is 420 g/mol. The van der Waals surface area contributed by atoms with Gasteiger partial charge in [0.05, 0.1) is 25.7 Å². The van der Waals surface area contributed by atoms with Crippen LogP contribution in [0.25, 0.3) is 0 Å². The molecule has 31 heavy (non-hydrogen) atoms. The maximum Gasteiger partial charge on any atom is 0.264 e. The average molecular weight is 443 g/mol. The molecule has 0 unspecified atom stereocenters. The summed E-state index contributed by atoms with van der Waals surface area (Å²) in [5, 5.41) is 15.3. The van der Waals surface area contributed by atoms with Gasteiger partial charge in [0.25, 0.3) is 5.95 Å². The molecule has 0 bridgehead atoms. The summed E-state index contributed by atoms with van der Waals surface area (Å²) < 4.78 is 11.8.